The first kappa shape index (κ1) is 18.3. The fourth-order valence-corrected chi connectivity index (χ4v) is 4.97. The topological polar surface area (TPSA) is 86.8 Å². The molecule has 9 heteroatoms. The Hall–Kier alpha value is -1.00. The van der Waals surface area contributed by atoms with Crippen molar-refractivity contribution in [3.05, 3.63) is 24.3 Å². The molecule has 1 aromatic rings. The SMILES string of the molecule is CNC1CCCN(S(=O)(=O)c2ccc(S(=O)(=O)N(C)C)cc2)C1. The van der Waals surface area contributed by atoms with Crippen molar-refractivity contribution < 1.29 is 16.8 Å². The number of piperidine rings is 1. The standard InChI is InChI=1S/C14H23N3O4S2/c1-15-12-5-4-10-17(11-12)23(20,21)14-8-6-13(7-9-14)22(18,19)16(2)3/h6-9,12,15H,4-5,10-11H2,1-3H3. The maximum absolute atomic E-state index is 12.7. The molecule has 1 fully saturated rings. The Morgan fingerprint density at radius 2 is 1.65 bits per heavy atom. The summed E-state index contributed by atoms with van der Waals surface area (Å²) in [4.78, 5) is 0.195. The van der Waals surface area contributed by atoms with Crippen molar-refractivity contribution in [2.24, 2.45) is 0 Å². The number of nitrogens with zero attached hydrogens (tertiary/aromatic N) is 2. The van der Waals surface area contributed by atoms with Gasteiger partial charge in [0.05, 0.1) is 9.79 Å². The van der Waals surface area contributed by atoms with Crippen molar-refractivity contribution in [1.29, 1.82) is 0 Å². The zero-order valence-corrected chi connectivity index (χ0v) is 15.2. The smallest absolute Gasteiger partial charge is 0.243 e. The molecular formula is C14H23N3O4S2. The molecule has 0 radical (unpaired) electrons. The van der Waals surface area contributed by atoms with Gasteiger partial charge in [0.15, 0.2) is 0 Å². The minimum absolute atomic E-state index is 0.0770. The molecule has 1 atom stereocenters. The average Bonchev–Trinajstić information content (AvgIpc) is 2.54. The van der Waals surface area contributed by atoms with Crippen LogP contribution in [0.3, 0.4) is 0 Å². The maximum Gasteiger partial charge on any atom is 0.243 e. The molecule has 0 aliphatic carbocycles. The molecule has 1 unspecified atom stereocenters. The summed E-state index contributed by atoms with van der Waals surface area (Å²) in [6, 6.07) is 5.53. The first-order chi connectivity index (χ1) is 10.7. The van der Waals surface area contributed by atoms with E-state index in [0.717, 1.165) is 17.1 Å². The molecule has 1 N–H and O–H groups in total. The fraction of sp³-hybridized carbons (Fsp3) is 0.571. The monoisotopic (exact) mass is 361 g/mol. The molecule has 1 aromatic carbocycles. The highest BCUT2D eigenvalue weighted by atomic mass is 32.2. The van der Waals surface area contributed by atoms with Crippen molar-refractivity contribution in [3.63, 3.8) is 0 Å². The second kappa shape index (κ2) is 6.86. The molecule has 0 saturated carbocycles. The fourth-order valence-electron chi connectivity index (χ4n) is 2.54. The van der Waals surface area contributed by atoms with E-state index in [1.54, 1.807) is 0 Å². The minimum atomic E-state index is -3.60. The van der Waals surface area contributed by atoms with E-state index in [1.165, 1.54) is 42.7 Å². The summed E-state index contributed by atoms with van der Waals surface area (Å²) in [6.07, 6.45) is 1.75. The van der Waals surface area contributed by atoms with Crippen molar-refractivity contribution in [2.45, 2.75) is 28.7 Å². The first-order valence-electron chi connectivity index (χ1n) is 7.39. The lowest BCUT2D eigenvalue weighted by Gasteiger charge is -2.31. The van der Waals surface area contributed by atoms with Crippen LogP contribution in [0.2, 0.25) is 0 Å². The second-order valence-corrected chi connectivity index (χ2v) is 9.84. The Balaban J connectivity index is 2.28. The normalized spacial score (nSPS) is 20.8. The largest absolute Gasteiger partial charge is 0.316 e. The Morgan fingerprint density at radius 1 is 1.09 bits per heavy atom. The van der Waals surface area contributed by atoms with E-state index in [0.29, 0.717) is 13.1 Å². The molecule has 1 aliphatic rings. The number of rotatable bonds is 5. The van der Waals surface area contributed by atoms with Gasteiger partial charge in [0.2, 0.25) is 20.0 Å². The zero-order chi connectivity index (χ0) is 17.3. The maximum atomic E-state index is 12.7. The number of hydrogen-bond donors (Lipinski definition) is 1. The Labute approximate surface area is 138 Å². The van der Waals surface area contributed by atoms with Gasteiger partial charge >= 0.3 is 0 Å². The van der Waals surface area contributed by atoms with E-state index >= 15 is 0 Å². The summed E-state index contributed by atoms with van der Waals surface area (Å²) in [6.45, 7) is 0.912. The molecular weight excluding hydrogens is 338 g/mol. The highest BCUT2D eigenvalue weighted by molar-refractivity contribution is 7.89. The van der Waals surface area contributed by atoms with Gasteiger partial charge < -0.3 is 5.32 Å². The number of sulfonamides is 2. The van der Waals surface area contributed by atoms with Crippen molar-refractivity contribution in [1.82, 2.24) is 13.9 Å². The van der Waals surface area contributed by atoms with Gasteiger partial charge in [0.25, 0.3) is 0 Å². The molecule has 1 heterocycles. The van der Waals surface area contributed by atoms with Gasteiger partial charge in [0.1, 0.15) is 0 Å². The van der Waals surface area contributed by atoms with Crippen molar-refractivity contribution >= 4 is 20.0 Å². The summed E-state index contributed by atoms with van der Waals surface area (Å²) in [5.41, 5.74) is 0. The van der Waals surface area contributed by atoms with Crippen LogP contribution in [-0.4, -0.2) is 65.7 Å². The van der Waals surface area contributed by atoms with Gasteiger partial charge in [-0.3, -0.25) is 0 Å². The van der Waals surface area contributed by atoms with E-state index in [-0.39, 0.29) is 15.8 Å². The Bertz CT molecular complexity index is 743. The summed E-state index contributed by atoms with van der Waals surface area (Å²) >= 11 is 0. The van der Waals surface area contributed by atoms with Gasteiger partial charge in [-0.1, -0.05) is 0 Å². The van der Waals surface area contributed by atoms with Crippen LogP contribution in [-0.2, 0) is 20.0 Å². The van der Waals surface area contributed by atoms with Crippen molar-refractivity contribution in [3.8, 4) is 0 Å². The summed E-state index contributed by atoms with van der Waals surface area (Å²) in [7, 11) is -2.47. The average molecular weight is 361 g/mol. The molecule has 1 saturated heterocycles. The van der Waals surface area contributed by atoms with Gasteiger partial charge in [-0.05, 0) is 44.2 Å². The highest BCUT2D eigenvalue weighted by Gasteiger charge is 2.30. The molecule has 7 nitrogen and oxygen atoms in total. The van der Waals surface area contributed by atoms with Crippen LogP contribution in [0.4, 0.5) is 0 Å². The number of likely N-dealkylation sites (N-methyl/N-ethyl adjacent to an activating group) is 1. The third kappa shape index (κ3) is 3.74. The lowest BCUT2D eigenvalue weighted by Crippen LogP contribution is -2.46. The Kier molecular flexibility index (Phi) is 5.47. The van der Waals surface area contributed by atoms with Crippen LogP contribution in [0.1, 0.15) is 12.8 Å². The molecule has 0 aromatic heterocycles. The van der Waals surface area contributed by atoms with Crippen LogP contribution in [0.15, 0.2) is 34.1 Å². The number of hydrogen-bond acceptors (Lipinski definition) is 5. The van der Waals surface area contributed by atoms with Crippen LogP contribution in [0, 0.1) is 0 Å². The quantitative estimate of drug-likeness (QED) is 0.816. The third-order valence-electron chi connectivity index (χ3n) is 4.03. The molecule has 0 bridgehead atoms. The lowest BCUT2D eigenvalue weighted by atomic mass is 10.1. The zero-order valence-electron chi connectivity index (χ0n) is 13.6. The molecule has 0 amide bonds. The molecule has 1 aliphatic heterocycles. The minimum Gasteiger partial charge on any atom is -0.316 e. The van der Waals surface area contributed by atoms with E-state index in [9.17, 15) is 16.8 Å². The Morgan fingerprint density at radius 3 is 2.17 bits per heavy atom. The molecule has 2 rings (SSSR count). The van der Waals surface area contributed by atoms with Crippen LogP contribution in [0.25, 0.3) is 0 Å². The predicted molar refractivity (Wildman–Crippen MR) is 88.2 cm³/mol. The van der Waals surface area contributed by atoms with Crippen LogP contribution >= 0.6 is 0 Å². The van der Waals surface area contributed by atoms with E-state index in [2.05, 4.69) is 5.32 Å². The highest BCUT2D eigenvalue weighted by Crippen LogP contribution is 2.22. The van der Waals surface area contributed by atoms with Gasteiger partial charge in [0, 0.05) is 33.2 Å². The van der Waals surface area contributed by atoms with Gasteiger partial charge in [-0.15, -0.1) is 0 Å². The predicted octanol–water partition coefficient (Wildman–Crippen LogP) is 0.309. The second-order valence-electron chi connectivity index (χ2n) is 5.75. The summed E-state index contributed by atoms with van der Waals surface area (Å²) < 4.78 is 52.0. The van der Waals surface area contributed by atoms with Gasteiger partial charge in [-0.25, -0.2) is 21.1 Å². The van der Waals surface area contributed by atoms with E-state index < -0.39 is 20.0 Å². The summed E-state index contributed by atoms with van der Waals surface area (Å²) in [5.74, 6) is 0. The van der Waals surface area contributed by atoms with E-state index in [1.807, 2.05) is 7.05 Å². The molecule has 130 valence electrons. The number of benzene rings is 1. The van der Waals surface area contributed by atoms with Crippen LogP contribution < -0.4 is 5.32 Å². The van der Waals surface area contributed by atoms with E-state index in [4.69, 9.17) is 0 Å². The first-order valence-corrected chi connectivity index (χ1v) is 10.3. The lowest BCUT2D eigenvalue weighted by molar-refractivity contribution is 0.293. The van der Waals surface area contributed by atoms with Gasteiger partial charge in [-0.2, -0.15) is 4.31 Å². The third-order valence-corrected chi connectivity index (χ3v) is 7.74. The number of nitrogens with one attached hydrogen (secondary N) is 1. The summed E-state index contributed by atoms with van der Waals surface area (Å²) in [5, 5.41) is 3.11. The molecule has 0 spiro atoms. The molecule has 23 heavy (non-hydrogen) atoms. The van der Waals surface area contributed by atoms with Crippen molar-refractivity contribution in [2.75, 3.05) is 34.2 Å². The van der Waals surface area contributed by atoms with Crippen LogP contribution in [0.5, 0.6) is 0 Å².